The van der Waals surface area contributed by atoms with E-state index in [9.17, 15) is 0 Å². The molecule has 0 aliphatic rings. The standard InChI is InChI=1S/C17H23N3O/c1-13(2)19-12-14-11-18-10-9-17(14)20(3)15-5-7-16(21-4)8-6-15/h5-11,13,19H,12H2,1-4H3. The van der Waals surface area contributed by atoms with Crippen molar-refractivity contribution in [2.24, 2.45) is 0 Å². The Morgan fingerprint density at radius 1 is 1.19 bits per heavy atom. The van der Waals surface area contributed by atoms with Crippen LogP contribution in [0.1, 0.15) is 19.4 Å². The van der Waals surface area contributed by atoms with Crippen LogP contribution in [0.5, 0.6) is 5.75 Å². The predicted octanol–water partition coefficient (Wildman–Crippen LogP) is 3.36. The molecule has 112 valence electrons. The summed E-state index contributed by atoms with van der Waals surface area (Å²) in [6.45, 7) is 5.09. The molecule has 1 heterocycles. The number of nitrogens with zero attached hydrogens (tertiary/aromatic N) is 2. The fourth-order valence-electron chi connectivity index (χ4n) is 2.14. The minimum atomic E-state index is 0.448. The molecule has 0 unspecified atom stereocenters. The fraction of sp³-hybridized carbons (Fsp3) is 0.353. The number of pyridine rings is 1. The Bertz CT molecular complexity index is 567. The number of nitrogens with one attached hydrogen (secondary N) is 1. The van der Waals surface area contributed by atoms with Crippen LogP contribution < -0.4 is 15.0 Å². The maximum absolute atomic E-state index is 5.20. The summed E-state index contributed by atoms with van der Waals surface area (Å²) >= 11 is 0. The van der Waals surface area contributed by atoms with Crippen molar-refractivity contribution < 1.29 is 4.74 Å². The first-order valence-corrected chi connectivity index (χ1v) is 7.16. The first-order valence-electron chi connectivity index (χ1n) is 7.16. The van der Waals surface area contributed by atoms with E-state index in [0.717, 1.165) is 23.7 Å². The number of benzene rings is 1. The summed E-state index contributed by atoms with van der Waals surface area (Å²) in [6, 6.07) is 10.5. The first kappa shape index (κ1) is 15.3. The lowest BCUT2D eigenvalue weighted by molar-refractivity contribution is 0.415. The van der Waals surface area contributed by atoms with E-state index >= 15 is 0 Å². The molecule has 0 saturated carbocycles. The third-order valence-corrected chi connectivity index (χ3v) is 3.40. The van der Waals surface area contributed by atoms with Crippen molar-refractivity contribution in [3.8, 4) is 5.75 Å². The largest absolute Gasteiger partial charge is 0.497 e. The summed E-state index contributed by atoms with van der Waals surface area (Å²) in [5.74, 6) is 0.864. The molecule has 0 atom stereocenters. The maximum Gasteiger partial charge on any atom is 0.119 e. The van der Waals surface area contributed by atoms with Crippen LogP contribution in [0.25, 0.3) is 0 Å². The Balaban J connectivity index is 2.23. The van der Waals surface area contributed by atoms with Gasteiger partial charge in [0.2, 0.25) is 0 Å². The quantitative estimate of drug-likeness (QED) is 0.883. The maximum atomic E-state index is 5.20. The van der Waals surface area contributed by atoms with Gasteiger partial charge in [-0.1, -0.05) is 13.8 Å². The molecular formula is C17H23N3O. The van der Waals surface area contributed by atoms with Crippen molar-refractivity contribution in [2.75, 3.05) is 19.1 Å². The van der Waals surface area contributed by atoms with E-state index in [-0.39, 0.29) is 0 Å². The lowest BCUT2D eigenvalue weighted by Gasteiger charge is -2.23. The zero-order valence-electron chi connectivity index (χ0n) is 13.1. The van der Waals surface area contributed by atoms with Crippen molar-refractivity contribution in [1.82, 2.24) is 10.3 Å². The number of hydrogen-bond donors (Lipinski definition) is 1. The Kier molecular flexibility index (Phi) is 5.17. The normalized spacial score (nSPS) is 10.7. The van der Waals surface area contributed by atoms with E-state index in [1.54, 1.807) is 7.11 Å². The van der Waals surface area contributed by atoms with Crippen LogP contribution in [0, 0.1) is 0 Å². The van der Waals surface area contributed by atoms with Gasteiger partial charge in [0.1, 0.15) is 5.75 Å². The highest BCUT2D eigenvalue weighted by Gasteiger charge is 2.09. The molecule has 4 heteroatoms. The van der Waals surface area contributed by atoms with Crippen LogP contribution in [-0.2, 0) is 6.54 Å². The number of methoxy groups -OCH3 is 1. The highest BCUT2D eigenvalue weighted by atomic mass is 16.5. The zero-order chi connectivity index (χ0) is 15.2. The van der Waals surface area contributed by atoms with Gasteiger partial charge in [-0.25, -0.2) is 0 Å². The Morgan fingerprint density at radius 3 is 2.52 bits per heavy atom. The van der Waals surface area contributed by atoms with Crippen LogP contribution in [0.4, 0.5) is 11.4 Å². The number of ether oxygens (including phenoxy) is 1. The molecule has 21 heavy (non-hydrogen) atoms. The van der Waals surface area contributed by atoms with Crippen molar-refractivity contribution in [3.05, 3.63) is 48.3 Å². The molecule has 0 amide bonds. The molecule has 0 bridgehead atoms. The van der Waals surface area contributed by atoms with Gasteiger partial charge >= 0.3 is 0 Å². The second-order valence-electron chi connectivity index (χ2n) is 5.30. The SMILES string of the molecule is COc1ccc(N(C)c2ccncc2CNC(C)C)cc1. The molecule has 0 aliphatic heterocycles. The number of hydrogen-bond acceptors (Lipinski definition) is 4. The molecule has 2 rings (SSSR count). The molecule has 4 nitrogen and oxygen atoms in total. The predicted molar refractivity (Wildman–Crippen MR) is 87.3 cm³/mol. The number of rotatable bonds is 6. The second kappa shape index (κ2) is 7.09. The van der Waals surface area contributed by atoms with Gasteiger partial charge in [0.25, 0.3) is 0 Å². The highest BCUT2D eigenvalue weighted by molar-refractivity contribution is 5.65. The van der Waals surface area contributed by atoms with Gasteiger partial charge in [-0.05, 0) is 30.3 Å². The number of aromatic nitrogens is 1. The van der Waals surface area contributed by atoms with Crippen LogP contribution in [-0.4, -0.2) is 25.2 Å². The minimum absolute atomic E-state index is 0.448. The highest BCUT2D eigenvalue weighted by Crippen LogP contribution is 2.27. The zero-order valence-corrected chi connectivity index (χ0v) is 13.1. The van der Waals surface area contributed by atoms with Gasteiger partial charge in [-0.2, -0.15) is 0 Å². The lowest BCUT2D eigenvalue weighted by atomic mass is 10.2. The van der Waals surface area contributed by atoms with Crippen LogP contribution in [0.15, 0.2) is 42.7 Å². The summed E-state index contributed by atoms with van der Waals surface area (Å²) in [7, 11) is 3.74. The second-order valence-corrected chi connectivity index (χ2v) is 5.30. The topological polar surface area (TPSA) is 37.4 Å². The molecule has 0 radical (unpaired) electrons. The van der Waals surface area contributed by atoms with Gasteiger partial charge < -0.3 is 15.0 Å². The molecule has 1 aromatic carbocycles. The summed E-state index contributed by atoms with van der Waals surface area (Å²) in [5.41, 5.74) is 3.46. The fourth-order valence-corrected chi connectivity index (χ4v) is 2.14. The molecule has 0 aliphatic carbocycles. The van der Waals surface area contributed by atoms with Crippen LogP contribution >= 0.6 is 0 Å². The third kappa shape index (κ3) is 3.95. The van der Waals surface area contributed by atoms with Crippen molar-refractivity contribution in [1.29, 1.82) is 0 Å². The van der Waals surface area contributed by atoms with Gasteiger partial charge in [0.15, 0.2) is 0 Å². The van der Waals surface area contributed by atoms with E-state index in [0.29, 0.717) is 6.04 Å². The summed E-state index contributed by atoms with van der Waals surface area (Å²) in [5, 5.41) is 3.44. The van der Waals surface area contributed by atoms with Crippen molar-refractivity contribution >= 4 is 11.4 Å². The Morgan fingerprint density at radius 2 is 1.90 bits per heavy atom. The molecule has 0 fully saturated rings. The first-order chi connectivity index (χ1) is 10.1. The van der Waals surface area contributed by atoms with Gasteiger partial charge in [0, 0.05) is 49.0 Å². The molecular weight excluding hydrogens is 262 g/mol. The van der Waals surface area contributed by atoms with Gasteiger partial charge in [-0.3, -0.25) is 4.98 Å². The average Bonchev–Trinajstić information content (AvgIpc) is 2.52. The summed E-state index contributed by atoms with van der Waals surface area (Å²) in [4.78, 5) is 6.41. The summed E-state index contributed by atoms with van der Waals surface area (Å²) < 4.78 is 5.20. The van der Waals surface area contributed by atoms with Gasteiger partial charge in [0.05, 0.1) is 7.11 Å². The van der Waals surface area contributed by atoms with E-state index in [1.165, 1.54) is 5.56 Å². The molecule has 0 saturated heterocycles. The smallest absolute Gasteiger partial charge is 0.119 e. The van der Waals surface area contributed by atoms with E-state index in [2.05, 4.69) is 48.2 Å². The third-order valence-electron chi connectivity index (χ3n) is 3.40. The van der Waals surface area contributed by atoms with E-state index in [4.69, 9.17) is 4.74 Å². The Labute approximate surface area is 126 Å². The van der Waals surface area contributed by atoms with Crippen molar-refractivity contribution in [2.45, 2.75) is 26.4 Å². The van der Waals surface area contributed by atoms with Gasteiger partial charge in [-0.15, -0.1) is 0 Å². The van der Waals surface area contributed by atoms with E-state index < -0.39 is 0 Å². The average molecular weight is 285 g/mol. The monoisotopic (exact) mass is 285 g/mol. The summed E-state index contributed by atoms with van der Waals surface area (Å²) in [6.07, 6.45) is 3.75. The molecule has 1 aromatic heterocycles. The lowest BCUT2D eigenvalue weighted by Crippen LogP contribution is -2.23. The minimum Gasteiger partial charge on any atom is -0.497 e. The number of anilines is 2. The Hall–Kier alpha value is -2.07. The van der Waals surface area contributed by atoms with E-state index in [1.807, 2.05) is 30.6 Å². The van der Waals surface area contributed by atoms with Crippen LogP contribution in [0.3, 0.4) is 0 Å². The molecule has 2 aromatic rings. The molecule has 0 spiro atoms. The molecule has 1 N–H and O–H groups in total. The van der Waals surface area contributed by atoms with Crippen LogP contribution in [0.2, 0.25) is 0 Å². The van der Waals surface area contributed by atoms with Crippen molar-refractivity contribution in [3.63, 3.8) is 0 Å².